The highest BCUT2D eigenvalue weighted by atomic mass is 32.2. The van der Waals surface area contributed by atoms with E-state index in [1.165, 1.54) is 11.8 Å². The second kappa shape index (κ2) is 9.32. The fourth-order valence-corrected chi connectivity index (χ4v) is 3.88. The van der Waals surface area contributed by atoms with E-state index in [9.17, 15) is 4.79 Å². The van der Waals surface area contributed by atoms with Crippen molar-refractivity contribution >= 4 is 35.1 Å². The van der Waals surface area contributed by atoms with Crippen LogP contribution in [0.5, 0.6) is 0 Å². The highest BCUT2D eigenvalue weighted by molar-refractivity contribution is 8.06. The first-order valence-electron chi connectivity index (χ1n) is 8.23. The van der Waals surface area contributed by atoms with E-state index in [1.54, 1.807) is 11.8 Å². The molecular weight excluding hydrogens is 358 g/mol. The van der Waals surface area contributed by atoms with Crippen LogP contribution in [-0.4, -0.2) is 5.91 Å². The van der Waals surface area contributed by atoms with Crippen LogP contribution >= 0.6 is 23.5 Å². The zero-order valence-electron chi connectivity index (χ0n) is 14.4. The molecule has 0 saturated carbocycles. The maximum absolute atomic E-state index is 12.8. The predicted molar refractivity (Wildman–Crippen MR) is 112 cm³/mol. The highest BCUT2D eigenvalue weighted by Crippen LogP contribution is 2.31. The first-order chi connectivity index (χ1) is 12.7. The van der Waals surface area contributed by atoms with Gasteiger partial charge in [0.15, 0.2) is 0 Å². The fourth-order valence-electron chi connectivity index (χ4n) is 2.19. The van der Waals surface area contributed by atoms with Gasteiger partial charge in [-0.1, -0.05) is 77.6 Å². The Morgan fingerprint density at radius 2 is 1.38 bits per heavy atom. The van der Waals surface area contributed by atoms with E-state index in [4.69, 9.17) is 0 Å². The van der Waals surface area contributed by atoms with Crippen molar-refractivity contribution in [3.8, 4) is 0 Å². The molecule has 3 aromatic rings. The molecule has 0 aliphatic heterocycles. The fraction of sp³-hybridized carbons (Fsp3) is 0.0455. The van der Waals surface area contributed by atoms with Crippen molar-refractivity contribution in [2.75, 3.05) is 5.32 Å². The third-order valence-corrected chi connectivity index (χ3v) is 5.63. The number of carbonyl (C=O) groups is 1. The van der Waals surface area contributed by atoms with E-state index in [2.05, 4.69) is 5.32 Å². The summed E-state index contributed by atoms with van der Waals surface area (Å²) in [6.45, 7) is 2.03. The van der Waals surface area contributed by atoms with Gasteiger partial charge in [0.2, 0.25) is 0 Å². The molecule has 130 valence electrons. The van der Waals surface area contributed by atoms with Gasteiger partial charge in [-0.25, -0.2) is 0 Å². The molecule has 0 bridgehead atoms. The Labute approximate surface area is 162 Å². The summed E-state index contributed by atoms with van der Waals surface area (Å²) in [5, 5.41) is 4.90. The van der Waals surface area contributed by atoms with Crippen LogP contribution in [0.3, 0.4) is 0 Å². The molecule has 0 aromatic heterocycles. The van der Waals surface area contributed by atoms with Crippen molar-refractivity contribution in [2.24, 2.45) is 0 Å². The van der Waals surface area contributed by atoms with Crippen molar-refractivity contribution in [3.05, 3.63) is 101 Å². The SMILES string of the molecule is Cc1ccc(NC(=O)/C(=C/Sc2ccccc2)Sc2ccccc2)cc1. The molecular formula is C22H19NOS2. The van der Waals surface area contributed by atoms with Gasteiger partial charge in [0.05, 0.1) is 4.91 Å². The molecule has 0 unspecified atom stereocenters. The molecule has 4 heteroatoms. The van der Waals surface area contributed by atoms with Crippen LogP contribution in [0.4, 0.5) is 5.69 Å². The average molecular weight is 378 g/mol. The van der Waals surface area contributed by atoms with Crippen LogP contribution in [-0.2, 0) is 4.79 Å². The van der Waals surface area contributed by atoms with Gasteiger partial charge >= 0.3 is 0 Å². The molecule has 0 heterocycles. The minimum absolute atomic E-state index is 0.105. The Morgan fingerprint density at radius 1 is 0.808 bits per heavy atom. The molecule has 3 aromatic carbocycles. The minimum atomic E-state index is -0.105. The van der Waals surface area contributed by atoms with Gasteiger partial charge in [-0.2, -0.15) is 0 Å². The van der Waals surface area contributed by atoms with Crippen LogP contribution in [0, 0.1) is 6.92 Å². The van der Waals surface area contributed by atoms with Crippen molar-refractivity contribution in [1.82, 2.24) is 0 Å². The number of hydrogen-bond acceptors (Lipinski definition) is 3. The molecule has 1 amide bonds. The summed E-state index contributed by atoms with van der Waals surface area (Å²) in [5.41, 5.74) is 1.96. The van der Waals surface area contributed by atoms with E-state index in [0.29, 0.717) is 4.91 Å². The zero-order valence-corrected chi connectivity index (χ0v) is 16.0. The lowest BCUT2D eigenvalue weighted by Gasteiger charge is -2.09. The Bertz CT molecular complexity index is 875. The zero-order chi connectivity index (χ0) is 18.2. The van der Waals surface area contributed by atoms with Gasteiger partial charge in [0, 0.05) is 15.5 Å². The lowest BCUT2D eigenvalue weighted by molar-refractivity contribution is -0.112. The van der Waals surface area contributed by atoms with E-state index in [-0.39, 0.29) is 5.91 Å². The molecule has 0 atom stereocenters. The summed E-state index contributed by atoms with van der Waals surface area (Å²) in [5.74, 6) is -0.105. The number of amides is 1. The van der Waals surface area contributed by atoms with Crippen molar-refractivity contribution in [2.45, 2.75) is 16.7 Å². The molecule has 2 nitrogen and oxygen atoms in total. The smallest absolute Gasteiger partial charge is 0.262 e. The van der Waals surface area contributed by atoms with Crippen LogP contribution in [0.15, 0.2) is 105 Å². The molecule has 0 radical (unpaired) electrons. The van der Waals surface area contributed by atoms with Crippen LogP contribution in [0.1, 0.15) is 5.56 Å². The number of anilines is 1. The third kappa shape index (κ3) is 5.55. The average Bonchev–Trinajstić information content (AvgIpc) is 2.68. The van der Waals surface area contributed by atoms with Gasteiger partial charge < -0.3 is 5.32 Å². The lowest BCUT2D eigenvalue weighted by Crippen LogP contribution is -2.12. The molecule has 3 rings (SSSR count). The standard InChI is InChI=1S/C22H19NOS2/c1-17-12-14-18(15-13-17)23-22(24)21(26-20-10-6-3-7-11-20)16-25-19-8-4-2-5-9-19/h2-16H,1H3,(H,23,24)/b21-16-. The summed E-state index contributed by atoms with van der Waals surface area (Å²) in [6.07, 6.45) is 0. The molecule has 1 N–H and O–H groups in total. The van der Waals surface area contributed by atoms with Gasteiger partial charge in [-0.15, -0.1) is 0 Å². The van der Waals surface area contributed by atoms with Crippen molar-refractivity contribution < 1.29 is 4.79 Å². The van der Waals surface area contributed by atoms with Gasteiger partial charge in [0.1, 0.15) is 0 Å². The topological polar surface area (TPSA) is 29.1 Å². The predicted octanol–water partition coefficient (Wildman–Crippen LogP) is 6.36. The Hall–Kier alpha value is -2.43. The third-order valence-electron chi connectivity index (χ3n) is 3.55. The molecule has 0 aliphatic carbocycles. The Morgan fingerprint density at radius 3 is 2.00 bits per heavy atom. The number of hydrogen-bond donors (Lipinski definition) is 1. The summed E-state index contributed by atoms with van der Waals surface area (Å²) in [7, 11) is 0. The first-order valence-corrected chi connectivity index (χ1v) is 9.93. The number of aryl methyl sites for hydroxylation is 1. The molecule has 26 heavy (non-hydrogen) atoms. The second-order valence-corrected chi connectivity index (χ2v) is 7.71. The van der Waals surface area contributed by atoms with Gasteiger partial charge in [0.25, 0.3) is 5.91 Å². The van der Waals surface area contributed by atoms with Crippen molar-refractivity contribution in [3.63, 3.8) is 0 Å². The quantitative estimate of drug-likeness (QED) is 0.400. The monoisotopic (exact) mass is 377 g/mol. The molecule has 0 aliphatic rings. The second-order valence-electron chi connectivity index (χ2n) is 5.65. The summed E-state index contributed by atoms with van der Waals surface area (Å²) in [6, 6.07) is 27.8. The lowest BCUT2D eigenvalue weighted by atomic mass is 10.2. The number of carbonyl (C=O) groups excluding carboxylic acids is 1. The maximum Gasteiger partial charge on any atom is 0.262 e. The number of thioether (sulfide) groups is 2. The summed E-state index contributed by atoms with van der Waals surface area (Å²) >= 11 is 3.01. The number of nitrogens with one attached hydrogen (secondary N) is 1. The van der Waals surface area contributed by atoms with Crippen molar-refractivity contribution in [1.29, 1.82) is 0 Å². The summed E-state index contributed by atoms with van der Waals surface area (Å²) < 4.78 is 0. The maximum atomic E-state index is 12.8. The van der Waals surface area contributed by atoms with Crippen LogP contribution < -0.4 is 5.32 Å². The Balaban J connectivity index is 1.79. The van der Waals surface area contributed by atoms with E-state index >= 15 is 0 Å². The number of benzene rings is 3. The Kier molecular flexibility index (Phi) is 6.58. The van der Waals surface area contributed by atoms with Gasteiger partial charge in [-0.3, -0.25) is 4.79 Å². The molecule has 0 spiro atoms. The highest BCUT2D eigenvalue weighted by Gasteiger charge is 2.12. The largest absolute Gasteiger partial charge is 0.322 e. The van der Waals surface area contributed by atoms with Crippen LogP contribution in [0.25, 0.3) is 0 Å². The minimum Gasteiger partial charge on any atom is -0.322 e. The first kappa shape index (κ1) is 18.4. The summed E-state index contributed by atoms with van der Waals surface area (Å²) in [4.78, 5) is 15.6. The van der Waals surface area contributed by atoms with E-state index in [1.807, 2.05) is 97.3 Å². The molecule has 0 fully saturated rings. The molecule has 0 saturated heterocycles. The van der Waals surface area contributed by atoms with Gasteiger partial charge in [-0.05, 0) is 48.7 Å². The van der Waals surface area contributed by atoms with Crippen LogP contribution in [0.2, 0.25) is 0 Å². The van der Waals surface area contributed by atoms with E-state index in [0.717, 1.165) is 21.0 Å². The normalized spacial score (nSPS) is 11.2. The number of rotatable bonds is 6. The van der Waals surface area contributed by atoms with E-state index < -0.39 is 0 Å².